The summed E-state index contributed by atoms with van der Waals surface area (Å²) in [4.78, 5) is 8.82. The molecule has 0 N–H and O–H groups in total. The van der Waals surface area contributed by atoms with Crippen molar-refractivity contribution < 1.29 is 0 Å². The predicted molar refractivity (Wildman–Crippen MR) is 71.6 cm³/mol. The highest BCUT2D eigenvalue weighted by atomic mass is 32.1. The van der Waals surface area contributed by atoms with Crippen LogP contribution in [-0.4, -0.2) is 46.3 Å². The fourth-order valence-corrected chi connectivity index (χ4v) is 2.76. The molecule has 3 heterocycles. The van der Waals surface area contributed by atoms with Gasteiger partial charge in [-0.05, 0) is 17.7 Å². The van der Waals surface area contributed by atoms with E-state index < -0.39 is 0 Å². The minimum absolute atomic E-state index is 1.01. The first kappa shape index (κ1) is 11.6. The summed E-state index contributed by atoms with van der Waals surface area (Å²) in [6, 6.07) is 4.16. The number of nitrogens with zero attached hydrogens (tertiary/aromatic N) is 5. The minimum atomic E-state index is 1.01. The molecule has 3 rings (SSSR count). The third-order valence-corrected chi connectivity index (χ3v) is 3.90. The third-order valence-electron chi connectivity index (χ3n) is 3.15. The molecule has 18 heavy (non-hydrogen) atoms. The number of hydrogen-bond acceptors (Lipinski definition) is 6. The molecule has 2 aromatic rings. The number of aromatic nitrogens is 3. The first-order valence-corrected chi connectivity index (χ1v) is 6.92. The molecule has 0 atom stereocenters. The van der Waals surface area contributed by atoms with E-state index in [4.69, 9.17) is 0 Å². The van der Waals surface area contributed by atoms with Crippen LogP contribution in [0.1, 0.15) is 5.56 Å². The van der Waals surface area contributed by atoms with Gasteiger partial charge in [-0.1, -0.05) is 11.3 Å². The van der Waals surface area contributed by atoms with E-state index in [1.807, 2.05) is 12.4 Å². The van der Waals surface area contributed by atoms with Crippen LogP contribution in [0.15, 0.2) is 30.0 Å². The lowest BCUT2D eigenvalue weighted by atomic mass is 10.2. The Hall–Kier alpha value is -1.53. The summed E-state index contributed by atoms with van der Waals surface area (Å²) < 4.78 is 0. The average molecular weight is 261 g/mol. The summed E-state index contributed by atoms with van der Waals surface area (Å²) >= 11 is 1.61. The molecule has 1 aliphatic heterocycles. The highest BCUT2D eigenvalue weighted by molar-refractivity contribution is 7.13. The largest absolute Gasteiger partial charge is 0.344 e. The molecule has 0 spiro atoms. The van der Waals surface area contributed by atoms with E-state index in [1.165, 1.54) is 5.56 Å². The first-order chi connectivity index (χ1) is 8.92. The van der Waals surface area contributed by atoms with Crippen molar-refractivity contribution in [2.75, 3.05) is 31.1 Å². The maximum atomic E-state index is 4.12. The van der Waals surface area contributed by atoms with Crippen molar-refractivity contribution in [3.63, 3.8) is 0 Å². The van der Waals surface area contributed by atoms with Gasteiger partial charge in [0, 0.05) is 45.1 Å². The van der Waals surface area contributed by atoms with Crippen LogP contribution >= 0.6 is 11.3 Å². The maximum Gasteiger partial charge on any atom is 0.208 e. The number of anilines is 1. The molecule has 0 unspecified atom stereocenters. The van der Waals surface area contributed by atoms with E-state index in [-0.39, 0.29) is 0 Å². The lowest BCUT2D eigenvalue weighted by molar-refractivity contribution is 0.249. The number of rotatable bonds is 3. The molecule has 0 saturated carbocycles. The van der Waals surface area contributed by atoms with Crippen molar-refractivity contribution >= 4 is 16.5 Å². The normalized spacial score (nSPS) is 17.0. The Kier molecular flexibility index (Phi) is 3.47. The molecule has 0 amide bonds. The van der Waals surface area contributed by atoms with Gasteiger partial charge in [0.2, 0.25) is 5.13 Å². The summed E-state index contributed by atoms with van der Waals surface area (Å²) in [7, 11) is 0. The summed E-state index contributed by atoms with van der Waals surface area (Å²) in [5, 5.41) is 9.05. The molecule has 1 aliphatic rings. The van der Waals surface area contributed by atoms with Gasteiger partial charge >= 0.3 is 0 Å². The van der Waals surface area contributed by atoms with Gasteiger partial charge in [-0.3, -0.25) is 9.88 Å². The molecule has 0 radical (unpaired) electrons. The van der Waals surface area contributed by atoms with Gasteiger partial charge in [-0.15, -0.1) is 10.2 Å². The third kappa shape index (κ3) is 2.65. The van der Waals surface area contributed by atoms with E-state index in [0.29, 0.717) is 0 Å². The molecule has 94 valence electrons. The Bertz CT molecular complexity index is 464. The lowest BCUT2D eigenvalue weighted by Gasteiger charge is -2.34. The zero-order valence-electron chi connectivity index (χ0n) is 10.1. The van der Waals surface area contributed by atoms with Gasteiger partial charge in [-0.2, -0.15) is 0 Å². The maximum absolute atomic E-state index is 4.12. The van der Waals surface area contributed by atoms with E-state index >= 15 is 0 Å². The van der Waals surface area contributed by atoms with Gasteiger partial charge in [0.25, 0.3) is 0 Å². The van der Waals surface area contributed by atoms with Crippen LogP contribution < -0.4 is 4.90 Å². The van der Waals surface area contributed by atoms with Crippen molar-refractivity contribution in [1.82, 2.24) is 20.1 Å². The Labute approximate surface area is 110 Å². The fourth-order valence-electron chi connectivity index (χ4n) is 2.15. The van der Waals surface area contributed by atoms with E-state index in [1.54, 1.807) is 16.8 Å². The lowest BCUT2D eigenvalue weighted by Crippen LogP contribution is -2.45. The van der Waals surface area contributed by atoms with Crippen molar-refractivity contribution in [3.05, 3.63) is 35.6 Å². The first-order valence-electron chi connectivity index (χ1n) is 6.04. The SMILES string of the molecule is c1cc(CN2CCN(c3nncs3)CC2)ccn1. The fraction of sp³-hybridized carbons (Fsp3) is 0.417. The molecule has 2 aromatic heterocycles. The van der Waals surface area contributed by atoms with E-state index in [0.717, 1.165) is 37.9 Å². The molecule has 5 nitrogen and oxygen atoms in total. The summed E-state index contributed by atoms with van der Waals surface area (Å²) in [6.07, 6.45) is 3.71. The second kappa shape index (κ2) is 5.41. The zero-order valence-corrected chi connectivity index (χ0v) is 10.9. The molecule has 1 saturated heterocycles. The van der Waals surface area contributed by atoms with Crippen LogP contribution in [-0.2, 0) is 6.54 Å². The Morgan fingerprint density at radius 2 is 1.89 bits per heavy atom. The zero-order chi connectivity index (χ0) is 12.2. The van der Waals surface area contributed by atoms with E-state index in [9.17, 15) is 0 Å². The van der Waals surface area contributed by atoms with Gasteiger partial charge in [-0.25, -0.2) is 0 Å². The van der Waals surface area contributed by atoms with Crippen LogP contribution in [0.4, 0.5) is 5.13 Å². The second-order valence-corrected chi connectivity index (χ2v) is 5.15. The Morgan fingerprint density at radius 1 is 1.11 bits per heavy atom. The van der Waals surface area contributed by atoms with Crippen molar-refractivity contribution in [2.45, 2.75) is 6.54 Å². The van der Waals surface area contributed by atoms with Crippen LogP contribution in [0.25, 0.3) is 0 Å². The molecule has 1 fully saturated rings. The van der Waals surface area contributed by atoms with Crippen molar-refractivity contribution in [2.24, 2.45) is 0 Å². The smallest absolute Gasteiger partial charge is 0.208 e. The van der Waals surface area contributed by atoms with Gasteiger partial charge < -0.3 is 4.90 Å². The highest BCUT2D eigenvalue weighted by Gasteiger charge is 2.18. The van der Waals surface area contributed by atoms with Crippen molar-refractivity contribution in [3.8, 4) is 0 Å². The van der Waals surface area contributed by atoms with Gasteiger partial charge in [0.1, 0.15) is 5.51 Å². The number of pyridine rings is 1. The van der Waals surface area contributed by atoms with Crippen LogP contribution in [0.2, 0.25) is 0 Å². The molecular weight excluding hydrogens is 246 g/mol. The van der Waals surface area contributed by atoms with Crippen LogP contribution in [0, 0.1) is 0 Å². The standard InChI is InChI=1S/C12H15N5S/c1-3-13-4-2-11(1)9-16-5-7-17(8-6-16)12-15-14-10-18-12/h1-4,10H,5-9H2. The minimum Gasteiger partial charge on any atom is -0.344 e. The highest BCUT2D eigenvalue weighted by Crippen LogP contribution is 2.18. The monoisotopic (exact) mass is 261 g/mol. The average Bonchev–Trinajstić information content (AvgIpc) is 2.95. The Balaban J connectivity index is 1.54. The molecule has 6 heteroatoms. The molecular formula is C12H15N5S. The quantitative estimate of drug-likeness (QED) is 0.832. The molecule has 0 aliphatic carbocycles. The Morgan fingerprint density at radius 3 is 2.56 bits per heavy atom. The van der Waals surface area contributed by atoms with Gasteiger partial charge in [0.15, 0.2) is 0 Å². The topological polar surface area (TPSA) is 45.2 Å². The molecule has 0 bridgehead atoms. The van der Waals surface area contributed by atoms with Crippen LogP contribution in [0.5, 0.6) is 0 Å². The van der Waals surface area contributed by atoms with Crippen LogP contribution in [0.3, 0.4) is 0 Å². The summed E-state index contributed by atoms with van der Waals surface area (Å²) in [5.74, 6) is 0. The number of piperazine rings is 1. The summed E-state index contributed by atoms with van der Waals surface area (Å²) in [5.41, 5.74) is 3.12. The number of hydrogen-bond donors (Lipinski definition) is 0. The van der Waals surface area contributed by atoms with Crippen molar-refractivity contribution in [1.29, 1.82) is 0 Å². The predicted octanol–water partition coefficient (Wildman–Crippen LogP) is 1.26. The van der Waals surface area contributed by atoms with Gasteiger partial charge in [0.05, 0.1) is 0 Å². The second-order valence-electron chi connectivity index (χ2n) is 4.34. The van der Waals surface area contributed by atoms with E-state index in [2.05, 4.69) is 37.1 Å². The molecule has 0 aromatic carbocycles. The summed E-state index contributed by atoms with van der Waals surface area (Å²) in [6.45, 7) is 5.21.